The van der Waals surface area contributed by atoms with Crippen LogP contribution in [0, 0.1) is 6.92 Å². The number of hydrogen-bond donors (Lipinski definition) is 1. The molecule has 2 heterocycles. The molecule has 112 valence electrons. The van der Waals surface area contributed by atoms with Crippen LogP contribution in [0.25, 0.3) is 11.5 Å². The normalized spacial score (nSPS) is 19.9. The lowest BCUT2D eigenvalue weighted by molar-refractivity contribution is 0.0660. The Morgan fingerprint density at radius 3 is 3.10 bits per heavy atom. The molecule has 1 atom stereocenters. The maximum absolute atomic E-state index is 9.74. The van der Waals surface area contributed by atoms with Gasteiger partial charge in [-0.05, 0) is 44.5 Å². The van der Waals surface area contributed by atoms with Gasteiger partial charge in [-0.25, -0.2) is 4.98 Å². The van der Waals surface area contributed by atoms with Crippen molar-refractivity contribution < 1.29 is 9.52 Å². The summed E-state index contributed by atoms with van der Waals surface area (Å²) in [6.07, 6.45) is 1.69. The first-order chi connectivity index (χ1) is 10.1. The Kier molecular flexibility index (Phi) is 4.29. The highest BCUT2D eigenvalue weighted by molar-refractivity contribution is 6.30. The first-order valence-corrected chi connectivity index (χ1v) is 7.62. The lowest BCUT2D eigenvalue weighted by Gasteiger charge is -2.29. The summed E-state index contributed by atoms with van der Waals surface area (Å²) in [6.45, 7) is 4.35. The maximum atomic E-state index is 9.74. The Hall–Kier alpha value is -1.36. The second-order valence-corrected chi connectivity index (χ2v) is 6.00. The molecular weight excluding hydrogens is 288 g/mol. The number of halogens is 1. The van der Waals surface area contributed by atoms with Gasteiger partial charge in [0.2, 0.25) is 5.89 Å². The molecule has 0 bridgehead atoms. The van der Waals surface area contributed by atoms with Crippen LogP contribution in [0.4, 0.5) is 0 Å². The van der Waals surface area contributed by atoms with Gasteiger partial charge in [0.1, 0.15) is 5.76 Å². The minimum absolute atomic E-state index is 0.224. The SMILES string of the molecule is Cc1oc(-c2cccc(Cl)c2)nc1CN1CCC[C@H](O)C1. The standard InChI is InChI=1S/C16H19ClN2O2/c1-11-15(10-19-7-3-6-14(20)9-19)18-16(21-11)12-4-2-5-13(17)8-12/h2,4-5,8,14,20H,3,6-7,9-10H2,1H3/t14-/m0/s1. The van der Waals surface area contributed by atoms with E-state index < -0.39 is 0 Å². The summed E-state index contributed by atoms with van der Waals surface area (Å²) >= 11 is 6.01. The van der Waals surface area contributed by atoms with Gasteiger partial charge in [-0.2, -0.15) is 0 Å². The van der Waals surface area contributed by atoms with Gasteiger partial charge in [0.05, 0.1) is 11.8 Å². The number of β-amino-alcohol motifs (C(OH)–C–C–N with tert-alkyl or cyclic N) is 1. The number of aliphatic hydroxyl groups excluding tert-OH is 1. The average molecular weight is 307 g/mol. The molecule has 0 saturated carbocycles. The monoisotopic (exact) mass is 306 g/mol. The fraction of sp³-hybridized carbons (Fsp3) is 0.438. The van der Waals surface area contributed by atoms with Crippen molar-refractivity contribution in [3.8, 4) is 11.5 Å². The Balaban J connectivity index is 1.78. The molecule has 4 nitrogen and oxygen atoms in total. The van der Waals surface area contributed by atoms with Crippen molar-refractivity contribution in [2.45, 2.75) is 32.4 Å². The number of hydrogen-bond acceptors (Lipinski definition) is 4. The molecule has 1 aliphatic heterocycles. The van der Waals surface area contributed by atoms with E-state index in [0.717, 1.165) is 36.4 Å². The van der Waals surface area contributed by atoms with E-state index in [4.69, 9.17) is 16.0 Å². The van der Waals surface area contributed by atoms with Gasteiger partial charge >= 0.3 is 0 Å². The molecule has 0 amide bonds. The Labute approximate surface area is 129 Å². The lowest BCUT2D eigenvalue weighted by Crippen LogP contribution is -2.37. The second kappa shape index (κ2) is 6.18. The van der Waals surface area contributed by atoms with Crippen molar-refractivity contribution >= 4 is 11.6 Å². The minimum atomic E-state index is -0.224. The predicted octanol–water partition coefficient (Wildman–Crippen LogP) is 3.26. The molecular formula is C16H19ClN2O2. The summed E-state index contributed by atoms with van der Waals surface area (Å²) in [6, 6.07) is 7.50. The third kappa shape index (κ3) is 3.46. The number of piperidine rings is 1. The zero-order valence-electron chi connectivity index (χ0n) is 12.1. The Morgan fingerprint density at radius 2 is 2.33 bits per heavy atom. The largest absolute Gasteiger partial charge is 0.441 e. The molecule has 1 fully saturated rings. The number of aromatic nitrogens is 1. The van der Waals surface area contributed by atoms with Gasteiger partial charge in [-0.1, -0.05) is 17.7 Å². The molecule has 1 saturated heterocycles. The number of aryl methyl sites for hydroxylation is 1. The van der Waals surface area contributed by atoms with Crippen molar-refractivity contribution in [3.05, 3.63) is 40.7 Å². The molecule has 0 unspecified atom stereocenters. The van der Waals surface area contributed by atoms with Crippen LogP contribution in [0.2, 0.25) is 5.02 Å². The van der Waals surface area contributed by atoms with Gasteiger partial charge < -0.3 is 9.52 Å². The van der Waals surface area contributed by atoms with Crippen molar-refractivity contribution in [1.82, 2.24) is 9.88 Å². The van der Waals surface area contributed by atoms with Crippen LogP contribution in [0.15, 0.2) is 28.7 Å². The number of benzene rings is 1. The van der Waals surface area contributed by atoms with Crippen molar-refractivity contribution in [2.24, 2.45) is 0 Å². The summed E-state index contributed by atoms with van der Waals surface area (Å²) in [5.74, 6) is 1.42. The van der Waals surface area contributed by atoms with Gasteiger partial charge in [-0.3, -0.25) is 4.90 Å². The molecule has 0 spiro atoms. The van der Waals surface area contributed by atoms with Crippen molar-refractivity contribution in [3.63, 3.8) is 0 Å². The molecule has 1 N–H and O–H groups in total. The molecule has 1 aromatic carbocycles. The molecule has 2 aromatic rings. The maximum Gasteiger partial charge on any atom is 0.226 e. The third-order valence-corrected chi connectivity index (χ3v) is 4.05. The zero-order chi connectivity index (χ0) is 14.8. The van der Waals surface area contributed by atoms with E-state index in [1.165, 1.54) is 0 Å². The van der Waals surface area contributed by atoms with Gasteiger partial charge in [-0.15, -0.1) is 0 Å². The van der Waals surface area contributed by atoms with Crippen molar-refractivity contribution in [1.29, 1.82) is 0 Å². The number of aliphatic hydroxyl groups is 1. The highest BCUT2D eigenvalue weighted by Crippen LogP contribution is 2.25. The average Bonchev–Trinajstić information content (AvgIpc) is 2.80. The second-order valence-electron chi connectivity index (χ2n) is 5.56. The lowest BCUT2D eigenvalue weighted by atomic mass is 10.1. The quantitative estimate of drug-likeness (QED) is 0.945. The van der Waals surface area contributed by atoms with Gasteiger partial charge in [0.15, 0.2) is 0 Å². The van der Waals surface area contributed by atoms with E-state index >= 15 is 0 Å². The zero-order valence-corrected chi connectivity index (χ0v) is 12.8. The number of oxazole rings is 1. The topological polar surface area (TPSA) is 49.5 Å². The smallest absolute Gasteiger partial charge is 0.226 e. The first-order valence-electron chi connectivity index (χ1n) is 7.24. The fourth-order valence-corrected chi connectivity index (χ4v) is 2.90. The molecule has 0 aliphatic carbocycles. The predicted molar refractivity (Wildman–Crippen MR) is 82.2 cm³/mol. The van der Waals surface area contributed by atoms with E-state index in [2.05, 4.69) is 9.88 Å². The molecule has 5 heteroatoms. The van der Waals surface area contributed by atoms with Crippen LogP contribution in [0.3, 0.4) is 0 Å². The van der Waals surface area contributed by atoms with Gasteiger partial charge in [0.25, 0.3) is 0 Å². The summed E-state index contributed by atoms with van der Waals surface area (Å²) < 4.78 is 5.77. The van der Waals surface area contributed by atoms with Crippen molar-refractivity contribution in [2.75, 3.05) is 13.1 Å². The van der Waals surface area contributed by atoms with Crippen LogP contribution in [-0.4, -0.2) is 34.2 Å². The first kappa shape index (κ1) is 14.6. The highest BCUT2D eigenvalue weighted by Gasteiger charge is 2.20. The fourth-order valence-electron chi connectivity index (χ4n) is 2.71. The van der Waals surface area contributed by atoms with Crippen LogP contribution in [-0.2, 0) is 6.54 Å². The highest BCUT2D eigenvalue weighted by atomic mass is 35.5. The number of nitrogens with zero attached hydrogens (tertiary/aromatic N) is 2. The molecule has 1 aliphatic rings. The van der Waals surface area contributed by atoms with E-state index in [0.29, 0.717) is 24.0 Å². The summed E-state index contributed by atoms with van der Waals surface area (Å²) in [7, 11) is 0. The summed E-state index contributed by atoms with van der Waals surface area (Å²) in [5.41, 5.74) is 1.81. The van der Waals surface area contributed by atoms with E-state index in [1.807, 2.05) is 31.2 Å². The number of rotatable bonds is 3. The molecule has 1 aromatic heterocycles. The molecule has 3 rings (SSSR count). The molecule has 21 heavy (non-hydrogen) atoms. The van der Waals surface area contributed by atoms with E-state index in [-0.39, 0.29) is 6.10 Å². The summed E-state index contributed by atoms with van der Waals surface area (Å²) in [5, 5.41) is 10.4. The van der Waals surface area contributed by atoms with Crippen LogP contribution < -0.4 is 0 Å². The molecule has 0 radical (unpaired) electrons. The summed E-state index contributed by atoms with van der Waals surface area (Å²) in [4.78, 5) is 6.81. The van der Waals surface area contributed by atoms with Crippen LogP contribution in [0.1, 0.15) is 24.3 Å². The van der Waals surface area contributed by atoms with E-state index in [1.54, 1.807) is 0 Å². The van der Waals surface area contributed by atoms with Crippen LogP contribution in [0.5, 0.6) is 0 Å². The Morgan fingerprint density at radius 1 is 1.48 bits per heavy atom. The number of likely N-dealkylation sites (tertiary alicyclic amines) is 1. The van der Waals surface area contributed by atoms with Gasteiger partial charge in [0, 0.05) is 23.7 Å². The van der Waals surface area contributed by atoms with Crippen LogP contribution >= 0.6 is 11.6 Å². The van der Waals surface area contributed by atoms with E-state index in [9.17, 15) is 5.11 Å². The third-order valence-electron chi connectivity index (χ3n) is 3.82. The minimum Gasteiger partial charge on any atom is -0.441 e. The Bertz CT molecular complexity index is 626.